The van der Waals surface area contributed by atoms with Crippen LogP contribution in [0.25, 0.3) is 10.9 Å². The number of anilines is 1. The fourth-order valence-corrected chi connectivity index (χ4v) is 2.85. The standard InChI is InChI=1S/C23H24N2O4/c1-2-28-23(27)8-5-15-29-20-13-11-18(12-14-20)25-22(26)16-19-10-9-17-6-3-4-7-21(17)24-19/h3-4,6-7,9-14H,2,5,8,15-16H2,1H3,(H,25,26). The lowest BCUT2D eigenvalue weighted by molar-refractivity contribution is -0.143. The van der Waals surface area contributed by atoms with Gasteiger partial charge < -0.3 is 14.8 Å². The van der Waals surface area contributed by atoms with Gasteiger partial charge in [0.25, 0.3) is 0 Å². The Labute approximate surface area is 169 Å². The minimum Gasteiger partial charge on any atom is -0.494 e. The first kappa shape index (κ1) is 20.3. The van der Waals surface area contributed by atoms with E-state index in [1.54, 1.807) is 31.2 Å². The molecule has 0 aliphatic heterocycles. The van der Waals surface area contributed by atoms with E-state index in [1.165, 1.54) is 0 Å². The van der Waals surface area contributed by atoms with Gasteiger partial charge in [-0.3, -0.25) is 14.6 Å². The lowest BCUT2D eigenvalue weighted by atomic mass is 10.2. The lowest BCUT2D eigenvalue weighted by Crippen LogP contribution is -2.15. The Kier molecular flexibility index (Phi) is 7.16. The summed E-state index contributed by atoms with van der Waals surface area (Å²) in [6.07, 6.45) is 1.14. The van der Waals surface area contributed by atoms with Gasteiger partial charge in [-0.05, 0) is 49.7 Å². The van der Waals surface area contributed by atoms with Crippen molar-refractivity contribution in [1.82, 2.24) is 4.98 Å². The van der Waals surface area contributed by atoms with Crippen molar-refractivity contribution >= 4 is 28.5 Å². The van der Waals surface area contributed by atoms with Crippen LogP contribution in [0.2, 0.25) is 0 Å². The predicted molar refractivity (Wildman–Crippen MR) is 112 cm³/mol. The van der Waals surface area contributed by atoms with Crippen LogP contribution in [-0.4, -0.2) is 30.1 Å². The minimum atomic E-state index is -0.213. The van der Waals surface area contributed by atoms with Crippen LogP contribution >= 0.6 is 0 Å². The predicted octanol–water partition coefficient (Wildman–Crippen LogP) is 4.14. The Balaban J connectivity index is 1.46. The van der Waals surface area contributed by atoms with E-state index >= 15 is 0 Å². The molecule has 0 radical (unpaired) electrons. The van der Waals surface area contributed by atoms with E-state index in [1.807, 2.05) is 36.4 Å². The number of carbonyl (C=O) groups excluding carboxylic acids is 2. The molecule has 2 aromatic carbocycles. The van der Waals surface area contributed by atoms with Gasteiger partial charge in [-0.2, -0.15) is 0 Å². The molecule has 1 heterocycles. The molecule has 0 aliphatic carbocycles. The first-order valence-electron chi connectivity index (χ1n) is 9.67. The molecule has 29 heavy (non-hydrogen) atoms. The Morgan fingerprint density at radius 3 is 2.59 bits per heavy atom. The molecule has 6 heteroatoms. The number of nitrogens with zero attached hydrogens (tertiary/aromatic N) is 1. The van der Waals surface area contributed by atoms with E-state index in [4.69, 9.17) is 9.47 Å². The maximum atomic E-state index is 12.3. The van der Waals surface area contributed by atoms with E-state index in [0.717, 1.165) is 16.6 Å². The summed E-state index contributed by atoms with van der Waals surface area (Å²) in [6, 6.07) is 18.8. The van der Waals surface area contributed by atoms with Crippen LogP contribution in [0.15, 0.2) is 60.7 Å². The van der Waals surface area contributed by atoms with Gasteiger partial charge >= 0.3 is 5.97 Å². The first-order chi connectivity index (χ1) is 14.1. The van der Waals surface area contributed by atoms with Crippen LogP contribution in [-0.2, 0) is 20.7 Å². The molecule has 0 spiro atoms. The van der Waals surface area contributed by atoms with Crippen LogP contribution in [0, 0.1) is 0 Å². The van der Waals surface area contributed by atoms with Crippen molar-refractivity contribution in [2.45, 2.75) is 26.2 Å². The second-order valence-electron chi connectivity index (χ2n) is 6.50. The molecule has 6 nitrogen and oxygen atoms in total. The second kappa shape index (κ2) is 10.2. The van der Waals surface area contributed by atoms with Crippen molar-refractivity contribution in [1.29, 1.82) is 0 Å². The molecule has 0 fully saturated rings. The first-order valence-corrected chi connectivity index (χ1v) is 9.67. The number of para-hydroxylation sites is 1. The Hall–Kier alpha value is -3.41. The fourth-order valence-electron chi connectivity index (χ4n) is 2.85. The molecule has 0 unspecified atom stereocenters. The highest BCUT2D eigenvalue weighted by atomic mass is 16.5. The molecular formula is C23H24N2O4. The number of amides is 1. The maximum absolute atomic E-state index is 12.3. The normalized spacial score (nSPS) is 10.5. The Morgan fingerprint density at radius 1 is 1.00 bits per heavy atom. The number of hydrogen-bond acceptors (Lipinski definition) is 5. The monoisotopic (exact) mass is 392 g/mol. The molecule has 1 aromatic heterocycles. The molecule has 0 saturated carbocycles. The Morgan fingerprint density at radius 2 is 1.79 bits per heavy atom. The maximum Gasteiger partial charge on any atom is 0.305 e. The van der Waals surface area contributed by atoms with Gasteiger partial charge in [0.15, 0.2) is 0 Å². The number of pyridine rings is 1. The molecule has 0 atom stereocenters. The summed E-state index contributed by atoms with van der Waals surface area (Å²) in [5.74, 6) is 0.342. The van der Waals surface area contributed by atoms with Crippen LogP contribution < -0.4 is 10.1 Å². The van der Waals surface area contributed by atoms with Crippen molar-refractivity contribution in [2.75, 3.05) is 18.5 Å². The van der Waals surface area contributed by atoms with Gasteiger partial charge in [-0.15, -0.1) is 0 Å². The van der Waals surface area contributed by atoms with Gasteiger partial charge in [-0.1, -0.05) is 24.3 Å². The van der Waals surface area contributed by atoms with Crippen molar-refractivity contribution in [3.05, 3.63) is 66.4 Å². The molecule has 0 bridgehead atoms. The van der Waals surface area contributed by atoms with Crippen LogP contribution in [0.5, 0.6) is 5.75 Å². The molecular weight excluding hydrogens is 368 g/mol. The van der Waals surface area contributed by atoms with E-state index in [2.05, 4.69) is 10.3 Å². The highest BCUT2D eigenvalue weighted by Crippen LogP contribution is 2.17. The number of aromatic nitrogens is 1. The van der Waals surface area contributed by atoms with E-state index in [0.29, 0.717) is 37.5 Å². The van der Waals surface area contributed by atoms with Crippen molar-refractivity contribution < 1.29 is 19.1 Å². The molecule has 0 saturated heterocycles. The van der Waals surface area contributed by atoms with Crippen molar-refractivity contribution in [3.8, 4) is 5.75 Å². The number of esters is 1. The highest BCUT2D eigenvalue weighted by molar-refractivity contribution is 5.92. The second-order valence-corrected chi connectivity index (χ2v) is 6.50. The zero-order valence-corrected chi connectivity index (χ0v) is 16.4. The van der Waals surface area contributed by atoms with Crippen LogP contribution in [0.3, 0.4) is 0 Å². The van der Waals surface area contributed by atoms with Crippen LogP contribution in [0.4, 0.5) is 5.69 Å². The largest absolute Gasteiger partial charge is 0.494 e. The summed E-state index contributed by atoms with van der Waals surface area (Å²) in [5, 5.41) is 3.92. The summed E-state index contributed by atoms with van der Waals surface area (Å²) in [5.41, 5.74) is 2.29. The molecule has 1 amide bonds. The molecule has 3 rings (SSSR count). The van der Waals surface area contributed by atoms with Gasteiger partial charge in [0, 0.05) is 17.5 Å². The summed E-state index contributed by atoms with van der Waals surface area (Å²) in [7, 11) is 0. The number of rotatable bonds is 9. The zero-order valence-electron chi connectivity index (χ0n) is 16.4. The number of fused-ring (bicyclic) bond motifs is 1. The van der Waals surface area contributed by atoms with Crippen molar-refractivity contribution in [2.24, 2.45) is 0 Å². The van der Waals surface area contributed by atoms with Gasteiger partial charge in [-0.25, -0.2) is 0 Å². The fraction of sp³-hybridized carbons (Fsp3) is 0.261. The molecule has 150 valence electrons. The number of hydrogen-bond donors (Lipinski definition) is 1. The van der Waals surface area contributed by atoms with Gasteiger partial charge in [0.05, 0.1) is 30.8 Å². The quantitative estimate of drug-likeness (QED) is 0.437. The number of benzene rings is 2. The number of ether oxygens (including phenoxy) is 2. The van der Waals surface area contributed by atoms with Gasteiger partial charge in [0.2, 0.25) is 5.91 Å². The lowest BCUT2D eigenvalue weighted by Gasteiger charge is -2.09. The van der Waals surface area contributed by atoms with E-state index in [9.17, 15) is 9.59 Å². The van der Waals surface area contributed by atoms with E-state index < -0.39 is 0 Å². The van der Waals surface area contributed by atoms with Crippen molar-refractivity contribution in [3.63, 3.8) is 0 Å². The average molecular weight is 392 g/mol. The topological polar surface area (TPSA) is 77.5 Å². The smallest absolute Gasteiger partial charge is 0.305 e. The molecule has 3 aromatic rings. The third-order valence-electron chi connectivity index (χ3n) is 4.24. The molecule has 1 N–H and O–H groups in total. The van der Waals surface area contributed by atoms with Crippen LogP contribution in [0.1, 0.15) is 25.5 Å². The van der Waals surface area contributed by atoms with Gasteiger partial charge in [0.1, 0.15) is 5.75 Å². The average Bonchev–Trinajstić information content (AvgIpc) is 2.72. The minimum absolute atomic E-state index is 0.129. The summed E-state index contributed by atoms with van der Waals surface area (Å²) in [6.45, 7) is 2.61. The molecule has 0 aliphatic rings. The SMILES string of the molecule is CCOC(=O)CCCOc1ccc(NC(=O)Cc2ccc3ccccc3n2)cc1. The number of nitrogens with one attached hydrogen (secondary N) is 1. The summed E-state index contributed by atoms with van der Waals surface area (Å²) < 4.78 is 10.5. The highest BCUT2D eigenvalue weighted by Gasteiger charge is 2.07. The number of carbonyl (C=O) groups is 2. The van der Waals surface area contributed by atoms with E-state index in [-0.39, 0.29) is 18.3 Å². The third kappa shape index (κ3) is 6.31. The third-order valence-corrected chi connectivity index (χ3v) is 4.24. The summed E-state index contributed by atoms with van der Waals surface area (Å²) >= 11 is 0. The summed E-state index contributed by atoms with van der Waals surface area (Å²) in [4.78, 5) is 28.1. The zero-order chi connectivity index (χ0) is 20.5. The Bertz CT molecular complexity index is 970.